The Hall–Kier alpha value is -5.74. The highest BCUT2D eigenvalue weighted by Gasteiger charge is 2.37. The van der Waals surface area contributed by atoms with Crippen molar-refractivity contribution in [1.29, 1.82) is 31.6 Å². The topological polar surface area (TPSA) is 299 Å². The van der Waals surface area contributed by atoms with E-state index in [9.17, 15) is 19.7 Å². The zero-order valence-corrected chi connectivity index (χ0v) is 29.2. The number of hydrogen-bond acceptors (Lipinski definition) is 16. The van der Waals surface area contributed by atoms with Gasteiger partial charge in [-0.1, -0.05) is 0 Å². The molecule has 0 fully saturated rings. The molecule has 19 heteroatoms. The fourth-order valence-corrected chi connectivity index (χ4v) is 4.38. The maximum absolute atomic E-state index is 13.8. The van der Waals surface area contributed by atoms with E-state index in [4.69, 9.17) is 60.0 Å². The van der Waals surface area contributed by atoms with Gasteiger partial charge in [0, 0.05) is 23.3 Å². The van der Waals surface area contributed by atoms with Gasteiger partial charge in [0.15, 0.2) is 0 Å². The van der Waals surface area contributed by atoms with Crippen LogP contribution in [0.2, 0.25) is 0 Å². The minimum atomic E-state index is -1.47. The molecule has 0 heterocycles. The van der Waals surface area contributed by atoms with E-state index in [0.29, 0.717) is 0 Å². The normalized spacial score (nSPS) is 10.8. The first-order valence-electron chi connectivity index (χ1n) is 16.3. The largest absolute Gasteiger partial charge is 0.378 e. The highest BCUT2D eigenvalue weighted by Crippen LogP contribution is 2.21. The van der Waals surface area contributed by atoms with Gasteiger partial charge in [0.25, 0.3) is 17.5 Å². The molecule has 1 aromatic carbocycles. The second kappa shape index (κ2) is 27.0. The molecule has 0 aliphatic rings. The van der Waals surface area contributed by atoms with Gasteiger partial charge in [-0.05, 0) is 6.07 Å². The summed E-state index contributed by atoms with van der Waals surface area (Å²) in [6.07, 6.45) is 0.140. The zero-order valence-electron chi connectivity index (χ0n) is 29.2. The minimum Gasteiger partial charge on any atom is -0.378 e. The maximum atomic E-state index is 13.8. The summed E-state index contributed by atoms with van der Waals surface area (Å²) in [7, 11) is 0. The highest BCUT2D eigenvalue weighted by atomic mass is 16.6. The Morgan fingerprint density at radius 1 is 0.528 bits per heavy atom. The molecule has 282 valence electrons. The van der Waals surface area contributed by atoms with E-state index in [1.807, 2.05) is 36.4 Å². The predicted octanol–water partition coefficient (Wildman–Crippen LogP) is 2.11. The third kappa shape index (κ3) is 18.4. The standard InChI is InChI=1S/C34H41N9O10/c35-7-1-13-48-22-33(23-49-14-2-8-36,24-50-15-3-9-37)41-31(44)28-19-29(21-30(20-28)43(46)47)32(45)42-34(25-51-16-4-10-38,26-52-17-5-11-39)27-53-18-6-12-40/h19-21H,1-6,13-18,22-27H2,(H,41,44)(H,42,45). The lowest BCUT2D eigenvalue weighted by Crippen LogP contribution is -2.59. The number of carbonyl (C=O) groups is 2. The van der Waals surface area contributed by atoms with Crippen molar-refractivity contribution in [2.24, 2.45) is 0 Å². The third-order valence-electron chi connectivity index (χ3n) is 6.83. The van der Waals surface area contributed by atoms with E-state index in [1.54, 1.807) is 0 Å². The van der Waals surface area contributed by atoms with Crippen molar-refractivity contribution in [1.82, 2.24) is 10.6 Å². The monoisotopic (exact) mass is 735 g/mol. The lowest BCUT2D eigenvalue weighted by atomic mass is 9.99. The molecular weight excluding hydrogens is 694 g/mol. The molecule has 0 atom stereocenters. The predicted molar refractivity (Wildman–Crippen MR) is 180 cm³/mol. The highest BCUT2D eigenvalue weighted by molar-refractivity contribution is 6.01. The van der Waals surface area contributed by atoms with Gasteiger partial charge in [0.1, 0.15) is 11.1 Å². The molecule has 0 unspecified atom stereocenters. The fraction of sp³-hybridized carbons (Fsp3) is 0.588. The Morgan fingerprint density at radius 3 is 0.981 bits per heavy atom. The molecule has 0 radical (unpaired) electrons. The van der Waals surface area contributed by atoms with Crippen LogP contribution in [0.3, 0.4) is 0 Å². The van der Waals surface area contributed by atoms with Crippen molar-refractivity contribution in [3.63, 3.8) is 0 Å². The van der Waals surface area contributed by atoms with Crippen molar-refractivity contribution >= 4 is 17.5 Å². The van der Waals surface area contributed by atoms with Crippen molar-refractivity contribution in [3.05, 3.63) is 39.4 Å². The van der Waals surface area contributed by atoms with E-state index in [-0.39, 0.29) is 129 Å². The summed E-state index contributed by atoms with van der Waals surface area (Å²) in [6.45, 7) is -1.66. The molecule has 53 heavy (non-hydrogen) atoms. The minimum absolute atomic E-state index is 0.0198. The molecule has 0 bridgehead atoms. The van der Waals surface area contributed by atoms with Crippen molar-refractivity contribution in [3.8, 4) is 36.4 Å². The van der Waals surface area contributed by atoms with Gasteiger partial charge in [-0.3, -0.25) is 19.7 Å². The van der Waals surface area contributed by atoms with Crippen LogP contribution < -0.4 is 10.6 Å². The summed E-state index contributed by atoms with van der Waals surface area (Å²) in [5.41, 5.74) is -4.18. The van der Waals surface area contributed by atoms with E-state index in [0.717, 1.165) is 18.2 Å². The van der Waals surface area contributed by atoms with Crippen LogP contribution in [0.4, 0.5) is 5.69 Å². The van der Waals surface area contributed by atoms with Gasteiger partial charge >= 0.3 is 0 Å². The number of ether oxygens (including phenoxy) is 6. The van der Waals surface area contributed by atoms with Crippen LogP contribution in [-0.4, -0.2) is 107 Å². The Labute approximate surface area is 307 Å². The number of nitriles is 6. The SMILES string of the molecule is N#CCCOCC(COCCC#N)(COCCC#N)NC(=O)c1cc(C(=O)NC(COCCC#N)(COCCC#N)COCCC#N)cc([N+](=O)[O-])c1. The second-order valence-electron chi connectivity index (χ2n) is 11.3. The molecule has 0 aliphatic carbocycles. The molecular formula is C34H41N9O10. The number of hydrogen-bond donors (Lipinski definition) is 2. The van der Waals surface area contributed by atoms with Crippen LogP contribution in [0, 0.1) is 78.1 Å². The molecule has 0 spiro atoms. The average molecular weight is 736 g/mol. The van der Waals surface area contributed by atoms with E-state index < -0.39 is 33.5 Å². The molecule has 0 aromatic heterocycles. The lowest BCUT2D eigenvalue weighted by molar-refractivity contribution is -0.384. The number of nitrogens with zero attached hydrogens (tertiary/aromatic N) is 7. The number of nitro benzene ring substituents is 1. The molecule has 2 amide bonds. The molecule has 2 N–H and O–H groups in total. The zero-order chi connectivity index (χ0) is 39.2. The number of nitrogens with one attached hydrogen (secondary N) is 2. The molecule has 0 saturated carbocycles. The third-order valence-corrected chi connectivity index (χ3v) is 6.83. The maximum Gasteiger partial charge on any atom is 0.271 e. The van der Waals surface area contributed by atoms with Crippen LogP contribution in [0.25, 0.3) is 0 Å². The first kappa shape index (κ1) is 45.3. The Balaban J connectivity index is 3.59. The van der Waals surface area contributed by atoms with Crippen molar-refractivity contribution in [2.75, 3.05) is 79.3 Å². The number of carbonyl (C=O) groups excluding carboxylic acids is 2. The van der Waals surface area contributed by atoms with Gasteiger partial charge in [0.05, 0.1) is 159 Å². The van der Waals surface area contributed by atoms with Crippen LogP contribution in [0.5, 0.6) is 0 Å². The first-order valence-corrected chi connectivity index (χ1v) is 16.3. The summed E-state index contributed by atoms with van der Waals surface area (Å²) >= 11 is 0. The van der Waals surface area contributed by atoms with Gasteiger partial charge in [0.2, 0.25) is 0 Å². The van der Waals surface area contributed by atoms with Gasteiger partial charge < -0.3 is 39.1 Å². The van der Waals surface area contributed by atoms with Crippen LogP contribution >= 0.6 is 0 Å². The Bertz CT molecular complexity index is 1370. The van der Waals surface area contributed by atoms with Crippen molar-refractivity contribution in [2.45, 2.75) is 49.6 Å². The number of nitro groups is 1. The summed E-state index contributed by atoms with van der Waals surface area (Å²) in [6, 6.07) is 14.6. The molecule has 19 nitrogen and oxygen atoms in total. The quantitative estimate of drug-likeness (QED) is 0.0676. The summed E-state index contributed by atoms with van der Waals surface area (Å²) in [4.78, 5) is 38.9. The molecule has 0 saturated heterocycles. The number of non-ortho nitro benzene ring substituents is 1. The number of amides is 2. The first-order chi connectivity index (χ1) is 25.6. The van der Waals surface area contributed by atoms with Gasteiger partial charge in [-0.2, -0.15) is 31.6 Å². The van der Waals surface area contributed by atoms with Crippen LogP contribution in [0.15, 0.2) is 18.2 Å². The smallest absolute Gasteiger partial charge is 0.271 e. The van der Waals surface area contributed by atoms with E-state index >= 15 is 0 Å². The summed E-state index contributed by atoms with van der Waals surface area (Å²) < 4.78 is 33.7. The summed E-state index contributed by atoms with van der Waals surface area (Å²) in [5, 5.41) is 71.1. The molecule has 1 rings (SSSR count). The van der Waals surface area contributed by atoms with Gasteiger partial charge in [-0.25, -0.2) is 0 Å². The molecule has 1 aromatic rings. The Morgan fingerprint density at radius 2 is 0.774 bits per heavy atom. The average Bonchev–Trinajstić information content (AvgIpc) is 3.15. The van der Waals surface area contributed by atoms with E-state index in [2.05, 4.69) is 10.6 Å². The second-order valence-corrected chi connectivity index (χ2v) is 11.3. The lowest BCUT2D eigenvalue weighted by Gasteiger charge is -2.34. The number of benzene rings is 1. The summed E-state index contributed by atoms with van der Waals surface area (Å²) in [5.74, 6) is -1.80. The Kier molecular flexibility index (Phi) is 23.1. The number of rotatable bonds is 29. The van der Waals surface area contributed by atoms with Crippen molar-refractivity contribution < 1.29 is 42.9 Å². The van der Waals surface area contributed by atoms with E-state index in [1.165, 1.54) is 0 Å². The molecule has 0 aliphatic heterocycles. The van der Waals surface area contributed by atoms with Crippen LogP contribution in [-0.2, 0) is 28.4 Å². The van der Waals surface area contributed by atoms with Crippen LogP contribution in [0.1, 0.15) is 59.2 Å². The van der Waals surface area contributed by atoms with Gasteiger partial charge in [-0.15, -0.1) is 0 Å². The fourth-order valence-electron chi connectivity index (χ4n) is 4.38.